The molecule has 0 aliphatic heterocycles. The number of aromatic nitrogens is 2. The first-order valence-electron chi connectivity index (χ1n) is 7.21. The second-order valence-electron chi connectivity index (χ2n) is 4.76. The summed E-state index contributed by atoms with van der Waals surface area (Å²) in [4.78, 5) is 0. The van der Waals surface area contributed by atoms with Crippen LogP contribution in [0, 0.1) is 0 Å². The summed E-state index contributed by atoms with van der Waals surface area (Å²) >= 11 is 0. The molecule has 0 atom stereocenters. The Morgan fingerprint density at radius 1 is 1.30 bits per heavy atom. The Hall–Kier alpha value is -1.81. The minimum absolute atomic E-state index is 0.853. The van der Waals surface area contributed by atoms with Crippen molar-refractivity contribution in [1.82, 2.24) is 15.1 Å². The van der Waals surface area contributed by atoms with E-state index in [4.69, 9.17) is 4.74 Å². The van der Waals surface area contributed by atoms with Gasteiger partial charge in [-0.3, -0.25) is 0 Å². The molecule has 4 heteroatoms. The van der Waals surface area contributed by atoms with Gasteiger partial charge in [-0.25, -0.2) is 4.68 Å². The van der Waals surface area contributed by atoms with Crippen LogP contribution in [0.2, 0.25) is 0 Å². The number of methoxy groups -OCH3 is 1. The number of benzene rings is 1. The summed E-state index contributed by atoms with van der Waals surface area (Å²) in [6, 6.07) is 8.00. The molecule has 1 heterocycles. The first-order valence-corrected chi connectivity index (χ1v) is 7.21. The van der Waals surface area contributed by atoms with E-state index in [-0.39, 0.29) is 0 Å². The van der Waals surface area contributed by atoms with Crippen LogP contribution in [0.25, 0.3) is 5.69 Å². The standard InChI is InChI=1S/C16H23N3O/c1-4-9-17-11-13-12-18-19(16(13)5-2)14-7-6-8-15(10-14)20-3/h6-8,10,12,17H,4-5,9,11H2,1-3H3. The van der Waals surface area contributed by atoms with Crippen molar-refractivity contribution < 1.29 is 4.74 Å². The molecule has 0 radical (unpaired) electrons. The zero-order valence-corrected chi connectivity index (χ0v) is 12.5. The van der Waals surface area contributed by atoms with Crippen molar-refractivity contribution in [1.29, 1.82) is 0 Å². The van der Waals surface area contributed by atoms with Gasteiger partial charge in [0.1, 0.15) is 5.75 Å². The van der Waals surface area contributed by atoms with Crippen molar-refractivity contribution >= 4 is 0 Å². The van der Waals surface area contributed by atoms with Crippen molar-refractivity contribution in [3.63, 3.8) is 0 Å². The fourth-order valence-electron chi connectivity index (χ4n) is 2.30. The second kappa shape index (κ2) is 7.10. The van der Waals surface area contributed by atoms with E-state index >= 15 is 0 Å². The van der Waals surface area contributed by atoms with E-state index in [0.29, 0.717) is 0 Å². The van der Waals surface area contributed by atoms with Crippen LogP contribution in [0.15, 0.2) is 30.5 Å². The summed E-state index contributed by atoms with van der Waals surface area (Å²) in [5.74, 6) is 0.853. The number of hydrogen-bond donors (Lipinski definition) is 1. The van der Waals surface area contributed by atoms with E-state index in [1.165, 1.54) is 11.3 Å². The molecule has 0 unspecified atom stereocenters. The number of nitrogens with zero attached hydrogens (tertiary/aromatic N) is 2. The molecule has 0 saturated heterocycles. The summed E-state index contributed by atoms with van der Waals surface area (Å²) in [6.07, 6.45) is 4.06. The van der Waals surface area contributed by atoms with Gasteiger partial charge in [-0.1, -0.05) is 19.9 Å². The van der Waals surface area contributed by atoms with Crippen LogP contribution < -0.4 is 10.1 Å². The van der Waals surface area contributed by atoms with Gasteiger partial charge < -0.3 is 10.1 Å². The fourth-order valence-corrected chi connectivity index (χ4v) is 2.30. The minimum atomic E-state index is 0.853. The Labute approximate surface area is 120 Å². The maximum Gasteiger partial charge on any atom is 0.121 e. The zero-order valence-electron chi connectivity index (χ0n) is 12.5. The SMILES string of the molecule is CCCNCc1cnn(-c2cccc(OC)c2)c1CC. The third kappa shape index (κ3) is 3.20. The van der Waals surface area contributed by atoms with E-state index in [1.54, 1.807) is 7.11 Å². The van der Waals surface area contributed by atoms with Crippen LogP contribution in [0.5, 0.6) is 5.75 Å². The van der Waals surface area contributed by atoms with E-state index in [9.17, 15) is 0 Å². The first-order chi connectivity index (χ1) is 9.80. The fraction of sp³-hybridized carbons (Fsp3) is 0.438. The summed E-state index contributed by atoms with van der Waals surface area (Å²) in [7, 11) is 1.68. The van der Waals surface area contributed by atoms with Crippen molar-refractivity contribution in [3.05, 3.63) is 41.7 Å². The van der Waals surface area contributed by atoms with Crippen molar-refractivity contribution in [3.8, 4) is 11.4 Å². The molecule has 4 nitrogen and oxygen atoms in total. The van der Waals surface area contributed by atoms with Gasteiger partial charge in [0, 0.05) is 23.9 Å². The lowest BCUT2D eigenvalue weighted by Gasteiger charge is -2.09. The quantitative estimate of drug-likeness (QED) is 0.788. The smallest absolute Gasteiger partial charge is 0.121 e. The van der Waals surface area contributed by atoms with E-state index in [1.807, 2.05) is 29.1 Å². The maximum atomic E-state index is 5.28. The van der Waals surface area contributed by atoms with Crippen LogP contribution in [0.3, 0.4) is 0 Å². The summed E-state index contributed by atoms with van der Waals surface area (Å²) < 4.78 is 7.29. The van der Waals surface area contributed by atoms with Crippen LogP contribution in [-0.2, 0) is 13.0 Å². The van der Waals surface area contributed by atoms with Gasteiger partial charge in [-0.2, -0.15) is 5.10 Å². The van der Waals surface area contributed by atoms with Gasteiger partial charge in [-0.05, 0) is 31.5 Å². The Balaban J connectivity index is 2.27. The number of nitrogens with one attached hydrogen (secondary N) is 1. The largest absolute Gasteiger partial charge is 0.497 e. The third-order valence-corrected chi connectivity index (χ3v) is 3.33. The molecule has 1 N–H and O–H groups in total. The average Bonchev–Trinajstić information content (AvgIpc) is 2.90. The van der Waals surface area contributed by atoms with E-state index < -0.39 is 0 Å². The van der Waals surface area contributed by atoms with E-state index in [0.717, 1.165) is 37.4 Å². The van der Waals surface area contributed by atoms with Crippen LogP contribution in [0.1, 0.15) is 31.5 Å². The number of ether oxygens (including phenoxy) is 1. The number of hydrogen-bond acceptors (Lipinski definition) is 3. The molecule has 2 aromatic rings. The molecule has 108 valence electrons. The summed E-state index contributed by atoms with van der Waals surface area (Å²) in [6.45, 7) is 6.25. The van der Waals surface area contributed by atoms with Crippen LogP contribution >= 0.6 is 0 Å². The predicted molar refractivity (Wildman–Crippen MR) is 81.5 cm³/mol. The lowest BCUT2D eigenvalue weighted by atomic mass is 10.2. The Morgan fingerprint density at radius 2 is 2.15 bits per heavy atom. The van der Waals surface area contributed by atoms with Gasteiger partial charge >= 0.3 is 0 Å². The third-order valence-electron chi connectivity index (χ3n) is 3.33. The number of rotatable bonds is 7. The molecule has 0 aliphatic rings. The van der Waals surface area contributed by atoms with Crippen molar-refractivity contribution in [2.75, 3.05) is 13.7 Å². The predicted octanol–water partition coefficient (Wildman–Crippen LogP) is 2.94. The molecule has 0 bridgehead atoms. The summed E-state index contributed by atoms with van der Waals surface area (Å²) in [5.41, 5.74) is 3.56. The molecule has 1 aromatic heterocycles. The van der Waals surface area contributed by atoms with Gasteiger partial charge in [0.05, 0.1) is 19.0 Å². The Bertz CT molecular complexity index is 548. The average molecular weight is 273 g/mol. The van der Waals surface area contributed by atoms with Gasteiger partial charge in [0.2, 0.25) is 0 Å². The lowest BCUT2D eigenvalue weighted by molar-refractivity contribution is 0.414. The highest BCUT2D eigenvalue weighted by molar-refractivity contribution is 5.41. The highest BCUT2D eigenvalue weighted by Gasteiger charge is 2.10. The van der Waals surface area contributed by atoms with Gasteiger partial charge in [0.15, 0.2) is 0 Å². The molecule has 0 fully saturated rings. The monoisotopic (exact) mass is 273 g/mol. The molecule has 1 aromatic carbocycles. The molecular formula is C16H23N3O. The zero-order chi connectivity index (χ0) is 14.4. The topological polar surface area (TPSA) is 39.1 Å². The highest BCUT2D eigenvalue weighted by Crippen LogP contribution is 2.20. The van der Waals surface area contributed by atoms with Crippen molar-refractivity contribution in [2.24, 2.45) is 0 Å². The molecule has 2 rings (SSSR count). The molecular weight excluding hydrogens is 250 g/mol. The van der Waals surface area contributed by atoms with Crippen molar-refractivity contribution in [2.45, 2.75) is 33.2 Å². The van der Waals surface area contributed by atoms with Crippen LogP contribution in [0.4, 0.5) is 0 Å². The molecule has 20 heavy (non-hydrogen) atoms. The lowest BCUT2D eigenvalue weighted by Crippen LogP contribution is -2.15. The second-order valence-corrected chi connectivity index (χ2v) is 4.76. The summed E-state index contributed by atoms with van der Waals surface area (Å²) in [5, 5.41) is 7.97. The molecule has 0 amide bonds. The minimum Gasteiger partial charge on any atom is -0.497 e. The molecule has 0 aliphatic carbocycles. The molecule has 0 saturated carbocycles. The first kappa shape index (κ1) is 14.6. The van der Waals surface area contributed by atoms with Crippen LogP contribution in [-0.4, -0.2) is 23.4 Å². The Morgan fingerprint density at radius 3 is 2.85 bits per heavy atom. The normalized spacial score (nSPS) is 10.8. The van der Waals surface area contributed by atoms with Gasteiger partial charge in [0.25, 0.3) is 0 Å². The Kier molecular flexibility index (Phi) is 5.18. The van der Waals surface area contributed by atoms with Gasteiger partial charge in [-0.15, -0.1) is 0 Å². The van der Waals surface area contributed by atoms with E-state index in [2.05, 4.69) is 30.3 Å². The molecule has 0 spiro atoms. The maximum absolute atomic E-state index is 5.28. The highest BCUT2D eigenvalue weighted by atomic mass is 16.5.